The van der Waals surface area contributed by atoms with Crippen LogP contribution in [0.25, 0.3) is 143 Å². The van der Waals surface area contributed by atoms with Gasteiger partial charge in [-0.15, -0.1) is 0 Å². The van der Waals surface area contributed by atoms with Crippen LogP contribution in [0.15, 0.2) is 316 Å². The second-order valence-corrected chi connectivity index (χ2v) is 25.0. The molecule has 0 aliphatic heterocycles. The van der Waals surface area contributed by atoms with Gasteiger partial charge in [-0.25, -0.2) is 0 Å². The monoisotopic (exact) mass is 1140 g/mol. The first-order valence-electron chi connectivity index (χ1n) is 31.3. The molecule has 0 amide bonds. The highest BCUT2D eigenvalue weighted by molar-refractivity contribution is 6.13. The Labute approximate surface area is 521 Å². The predicted octanol–water partition coefficient (Wildman–Crippen LogP) is 22.1. The lowest BCUT2D eigenvalue weighted by Crippen LogP contribution is -2.25. The van der Waals surface area contributed by atoms with Crippen LogP contribution in [0.2, 0.25) is 0 Å². The van der Waals surface area contributed by atoms with Crippen molar-refractivity contribution in [3.8, 4) is 100 Å². The first kappa shape index (κ1) is 49.5. The lowest BCUT2D eigenvalue weighted by molar-refractivity contribution is 0.795. The molecule has 0 saturated heterocycles. The van der Waals surface area contributed by atoms with E-state index in [1.165, 1.54) is 171 Å². The highest BCUT2D eigenvalue weighted by Crippen LogP contribution is 2.66. The lowest BCUT2D eigenvalue weighted by Gasteiger charge is -2.30. The quantitative estimate of drug-likeness (QED) is 0.172. The fraction of sp³-hybridized carbons (Fsp3) is 0.0227. The number of pyridine rings is 2. The molecule has 0 saturated carbocycles. The van der Waals surface area contributed by atoms with E-state index in [0.717, 1.165) is 16.8 Å². The maximum absolute atomic E-state index is 5.21. The van der Waals surface area contributed by atoms with Gasteiger partial charge in [0.15, 0.2) is 0 Å². The van der Waals surface area contributed by atoms with Gasteiger partial charge in [0.05, 0.1) is 16.5 Å². The molecule has 2 heterocycles. The number of hydrogen-bond acceptors (Lipinski definition) is 2. The molecule has 2 aromatic heterocycles. The van der Waals surface area contributed by atoms with Gasteiger partial charge in [-0.05, 0) is 226 Å². The highest BCUT2D eigenvalue weighted by atomic mass is 14.7. The number of hydrogen-bond donors (Lipinski definition) is 0. The van der Waals surface area contributed by atoms with Crippen LogP contribution in [0.5, 0.6) is 0 Å². The van der Waals surface area contributed by atoms with Crippen molar-refractivity contribution in [2.45, 2.75) is 10.8 Å². The molecule has 0 atom stereocenters. The SMILES string of the molecule is c1ccc2c(c1)-c1ccccc1C21c2cc3cc(-c4ccc(-c5ccc(-c6cccc7c8c(ccc67)C6(c7ccccc7-c7ccccc76)c6cc7cc(-c9ccc(-c%10ccncc%10)cc9)ccc7cc6-8)cn5)cc4)ccc3cc2-c2c1ccc1ccccc21. The molecule has 0 unspecified atom stereocenters. The first-order valence-corrected chi connectivity index (χ1v) is 31.3. The number of aromatic nitrogens is 2. The smallest absolute Gasteiger partial charge is 0.0725 e. The molecule has 2 nitrogen and oxygen atoms in total. The number of fused-ring (bicyclic) bond motifs is 26. The van der Waals surface area contributed by atoms with Crippen molar-refractivity contribution in [1.82, 2.24) is 9.97 Å². The summed E-state index contributed by atoms with van der Waals surface area (Å²) in [5.41, 5.74) is 31.8. The van der Waals surface area contributed by atoms with Crippen molar-refractivity contribution in [1.29, 1.82) is 0 Å². The minimum atomic E-state index is -0.492. The molecule has 2 heteroatoms. The van der Waals surface area contributed by atoms with E-state index >= 15 is 0 Å². The summed E-state index contributed by atoms with van der Waals surface area (Å²) in [4.78, 5) is 9.44. The van der Waals surface area contributed by atoms with Crippen molar-refractivity contribution < 1.29 is 0 Å². The van der Waals surface area contributed by atoms with E-state index in [9.17, 15) is 0 Å². The third-order valence-corrected chi connectivity index (χ3v) is 20.8. The third-order valence-electron chi connectivity index (χ3n) is 20.8. The number of rotatable bonds is 5. The van der Waals surface area contributed by atoms with Crippen LogP contribution in [0.4, 0.5) is 0 Å². The van der Waals surface area contributed by atoms with Crippen molar-refractivity contribution in [3.63, 3.8) is 0 Å². The molecule has 4 aliphatic rings. The van der Waals surface area contributed by atoms with Gasteiger partial charge in [-0.1, -0.05) is 243 Å². The molecule has 2 spiro atoms. The minimum absolute atomic E-state index is 0.422. The van der Waals surface area contributed by atoms with Crippen LogP contribution in [-0.2, 0) is 10.8 Å². The number of benzene rings is 14. The lowest BCUT2D eigenvalue weighted by atomic mass is 9.70. The van der Waals surface area contributed by atoms with Crippen molar-refractivity contribution in [2.75, 3.05) is 0 Å². The molecule has 414 valence electrons. The normalized spacial score (nSPS) is 13.7. The fourth-order valence-electron chi connectivity index (χ4n) is 17.0. The Bertz CT molecular complexity index is 5670. The topological polar surface area (TPSA) is 25.8 Å². The highest BCUT2D eigenvalue weighted by Gasteiger charge is 2.54. The molecule has 20 rings (SSSR count). The second kappa shape index (κ2) is 18.5. The summed E-state index contributed by atoms with van der Waals surface area (Å²) in [6.07, 6.45) is 5.78. The molecule has 90 heavy (non-hydrogen) atoms. The van der Waals surface area contributed by atoms with Gasteiger partial charge in [0.25, 0.3) is 0 Å². The van der Waals surface area contributed by atoms with Gasteiger partial charge in [-0.3, -0.25) is 9.97 Å². The Morgan fingerprint density at radius 2 is 0.633 bits per heavy atom. The van der Waals surface area contributed by atoms with Crippen molar-refractivity contribution in [3.05, 3.63) is 360 Å². The van der Waals surface area contributed by atoms with Crippen LogP contribution in [0, 0.1) is 0 Å². The Hall–Kier alpha value is -11.6. The van der Waals surface area contributed by atoms with Crippen molar-refractivity contribution in [2.24, 2.45) is 0 Å². The van der Waals surface area contributed by atoms with E-state index in [4.69, 9.17) is 4.98 Å². The summed E-state index contributed by atoms with van der Waals surface area (Å²) in [6, 6.07) is 112. The first-order chi connectivity index (χ1) is 44.6. The summed E-state index contributed by atoms with van der Waals surface area (Å²) in [7, 11) is 0. The van der Waals surface area contributed by atoms with Crippen molar-refractivity contribution >= 4 is 43.1 Å². The standard InChI is InChI=1S/C88H52N2/c1-2-13-67-57(12-1)36-39-80-85(67)74-48-61-34-33-60(47-64(61)50-82(74)87(80)76-20-7-3-14-69(76)70-15-4-8-21-77(70)87)55-28-30-58(31-29-55)84-41-37-63(52-90-84)66-18-11-19-73-68(66)38-40-81-86(73)75-49-62-35-32-59(54-26-24-53(25-27-54)56-42-44-89-45-43-56)46-65(62)51-83(75)88(81)78-22-9-5-16-71(78)72-17-6-10-23-79(72)88/h1-52H. The molecular weight excluding hydrogens is 1080 g/mol. The van der Waals surface area contributed by atoms with Crippen LogP contribution >= 0.6 is 0 Å². The van der Waals surface area contributed by atoms with Gasteiger partial charge >= 0.3 is 0 Å². The molecule has 0 N–H and O–H groups in total. The minimum Gasteiger partial charge on any atom is -0.265 e. The summed E-state index contributed by atoms with van der Waals surface area (Å²) < 4.78 is 0. The maximum Gasteiger partial charge on any atom is 0.0725 e. The van der Waals surface area contributed by atoms with E-state index in [0.29, 0.717) is 0 Å². The average molecular weight is 1140 g/mol. The van der Waals surface area contributed by atoms with E-state index in [2.05, 4.69) is 308 Å². The zero-order chi connectivity index (χ0) is 58.8. The molecule has 16 aromatic rings. The van der Waals surface area contributed by atoms with E-state index in [1.54, 1.807) is 0 Å². The van der Waals surface area contributed by atoms with Crippen LogP contribution in [0.1, 0.15) is 44.5 Å². The average Bonchev–Trinajstić information content (AvgIpc) is 1.51. The Morgan fingerprint density at radius 3 is 1.18 bits per heavy atom. The van der Waals surface area contributed by atoms with Gasteiger partial charge < -0.3 is 0 Å². The molecular formula is C88H52N2. The molecule has 4 aliphatic carbocycles. The van der Waals surface area contributed by atoms with Crippen LogP contribution in [0.3, 0.4) is 0 Å². The fourth-order valence-corrected chi connectivity index (χ4v) is 17.0. The predicted molar refractivity (Wildman–Crippen MR) is 372 cm³/mol. The summed E-state index contributed by atoms with van der Waals surface area (Å²) in [6.45, 7) is 0. The van der Waals surface area contributed by atoms with E-state index in [-0.39, 0.29) is 0 Å². The van der Waals surface area contributed by atoms with Gasteiger partial charge in [0.1, 0.15) is 0 Å². The van der Waals surface area contributed by atoms with E-state index < -0.39 is 10.8 Å². The zero-order valence-corrected chi connectivity index (χ0v) is 48.9. The third kappa shape index (κ3) is 6.66. The van der Waals surface area contributed by atoms with Gasteiger partial charge in [-0.2, -0.15) is 0 Å². The summed E-state index contributed by atoms with van der Waals surface area (Å²) in [5.74, 6) is 0. The zero-order valence-electron chi connectivity index (χ0n) is 48.9. The number of nitrogens with zero attached hydrogens (tertiary/aromatic N) is 2. The molecule has 0 fully saturated rings. The van der Waals surface area contributed by atoms with E-state index in [1.807, 2.05) is 12.4 Å². The van der Waals surface area contributed by atoms with Crippen LogP contribution < -0.4 is 0 Å². The summed E-state index contributed by atoms with van der Waals surface area (Å²) >= 11 is 0. The Kier molecular flexibility index (Phi) is 10.2. The van der Waals surface area contributed by atoms with Gasteiger partial charge in [0, 0.05) is 29.7 Å². The molecule has 0 bridgehead atoms. The van der Waals surface area contributed by atoms with Crippen LogP contribution in [-0.4, -0.2) is 9.97 Å². The summed E-state index contributed by atoms with van der Waals surface area (Å²) in [5, 5.41) is 9.99. The Morgan fingerprint density at radius 1 is 0.211 bits per heavy atom. The second-order valence-electron chi connectivity index (χ2n) is 25.0. The van der Waals surface area contributed by atoms with Gasteiger partial charge in [0.2, 0.25) is 0 Å². The maximum atomic E-state index is 5.21. The molecule has 14 aromatic carbocycles. The largest absolute Gasteiger partial charge is 0.265 e. The Balaban J connectivity index is 0.659. The molecule has 0 radical (unpaired) electrons.